The number of sulfone groups is 1. The average Bonchev–Trinajstić information content (AvgIpc) is 2.37. The number of carbonyl (C=O) groups excluding carboxylic acids is 2. The number of nitrogens with zero attached hydrogens (tertiary/aromatic N) is 1. The Morgan fingerprint density at radius 1 is 1.42 bits per heavy atom. The zero-order chi connectivity index (χ0) is 14.6. The molecule has 104 valence electrons. The van der Waals surface area contributed by atoms with E-state index in [0.717, 1.165) is 6.92 Å². The van der Waals surface area contributed by atoms with Gasteiger partial charge in [0.1, 0.15) is 5.25 Å². The molecule has 1 aromatic heterocycles. The smallest absolute Gasteiger partial charge is 0.321 e. The molecule has 1 unspecified atom stereocenters. The third kappa shape index (κ3) is 3.19. The predicted molar refractivity (Wildman–Crippen MR) is 67.9 cm³/mol. The van der Waals surface area contributed by atoms with E-state index in [1.165, 1.54) is 25.4 Å². The van der Waals surface area contributed by atoms with Crippen LogP contribution in [0.2, 0.25) is 0 Å². The highest BCUT2D eigenvalue weighted by atomic mass is 32.2. The first-order valence-electron chi connectivity index (χ1n) is 5.27. The largest absolute Gasteiger partial charge is 0.396 e. The monoisotopic (exact) mass is 286 g/mol. The van der Waals surface area contributed by atoms with Crippen LogP contribution >= 0.6 is 0 Å². The number of anilines is 1. The first kappa shape index (κ1) is 14.9. The normalized spacial score (nSPS) is 12.5. The van der Waals surface area contributed by atoms with Crippen molar-refractivity contribution in [2.75, 3.05) is 12.8 Å². The quantitative estimate of drug-likeness (QED) is 0.672. The first-order valence-corrected chi connectivity index (χ1v) is 6.82. The van der Waals surface area contributed by atoms with E-state index in [9.17, 15) is 18.0 Å². The van der Waals surface area contributed by atoms with Gasteiger partial charge in [-0.25, -0.2) is 18.2 Å². The molecular weight excluding hydrogens is 272 g/mol. The Morgan fingerprint density at radius 2 is 2.05 bits per heavy atom. The van der Waals surface area contributed by atoms with Gasteiger partial charge in [0.25, 0.3) is 0 Å². The number of hydrogen-bond acceptors (Lipinski definition) is 6. The van der Waals surface area contributed by atoms with Crippen LogP contribution < -0.4 is 16.4 Å². The lowest BCUT2D eigenvalue weighted by molar-refractivity contribution is -0.119. The molecule has 0 fully saturated rings. The van der Waals surface area contributed by atoms with Crippen molar-refractivity contribution < 1.29 is 18.0 Å². The van der Waals surface area contributed by atoms with Crippen molar-refractivity contribution in [3.05, 3.63) is 18.3 Å². The van der Waals surface area contributed by atoms with Crippen molar-refractivity contribution >= 4 is 27.5 Å². The summed E-state index contributed by atoms with van der Waals surface area (Å²) in [6, 6.07) is 2.05. The fraction of sp³-hybridized carbons (Fsp3) is 0.300. The van der Waals surface area contributed by atoms with Gasteiger partial charge in [0.2, 0.25) is 15.7 Å². The summed E-state index contributed by atoms with van der Waals surface area (Å²) < 4.78 is 24.3. The third-order valence-electron chi connectivity index (χ3n) is 2.37. The van der Waals surface area contributed by atoms with Gasteiger partial charge in [-0.2, -0.15) is 0 Å². The van der Waals surface area contributed by atoms with Crippen LogP contribution in [0.5, 0.6) is 0 Å². The second-order valence-electron chi connectivity index (χ2n) is 3.65. The van der Waals surface area contributed by atoms with E-state index < -0.39 is 27.0 Å². The highest BCUT2D eigenvalue weighted by Gasteiger charge is 2.33. The van der Waals surface area contributed by atoms with E-state index in [1.807, 2.05) is 5.32 Å². The van der Waals surface area contributed by atoms with E-state index in [4.69, 9.17) is 5.73 Å². The maximum Gasteiger partial charge on any atom is 0.321 e. The Bertz CT molecular complexity index is 599. The van der Waals surface area contributed by atoms with Crippen LogP contribution in [-0.4, -0.2) is 37.6 Å². The molecule has 9 heteroatoms. The van der Waals surface area contributed by atoms with Gasteiger partial charge in [-0.1, -0.05) is 0 Å². The maximum atomic E-state index is 12.1. The minimum absolute atomic E-state index is 0.0536. The Labute approximate surface area is 110 Å². The summed E-state index contributed by atoms with van der Waals surface area (Å²) in [5.41, 5.74) is 5.47. The van der Waals surface area contributed by atoms with Crippen molar-refractivity contribution in [1.82, 2.24) is 15.6 Å². The van der Waals surface area contributed by atoms with Gasteiger partial charge >= 0.3 is 6.03 Å². The fourth-order valence-electron chi connectivity index (χ4n) is 1.23. The van der Waals surface area contributed by atoms with Crippen LogP contribution in [0.4, 0.5) is 10.5 Å². The summed E-state index contributed by atoms with van der Waals surface area (Å²) in [5.74, 6) is -0.954. The van der Waals surface area contributed by atoms with E-state index in [-0.39, 0.29) is 10.7 Å². The molecule has 1 atom stereocenters. The summed E-state index contributed by atoms with van der Waals surface area (Å²) in [6.07, 6.45) is 1.26. The molecule has 0 radical (unpaired) electrons. The molecule has 0 aliphatic carbocycles. The van der Waals surface area contributed by atoms with Crippen LogP contribution in [0.3, 0.4) is 0 Å². The Balaban J connectivity index is 3.04. The van der Waals surface area contributed by atoms with Gasteiger partial charge in [0.05, 0.1) is 5.69 Å². The Hall–Kier alpha value is -2.16. The minimum atomic E-state index is -4.05. The van der Waals surface area contributed by atoms with Crippen LogP contribution in [-0.2, 0) is 14.6 Å². The number of aromatic nitrogens is 1. The van der Waals surface area contributed by atoms with E-state index >= 15 is 0 Å². The average molecular weight is 286 g/mol. The highest BCUT2D eigenvalue weighted by molar-refractivity contribution is 7.92. The number of pyridine rings is 1. The molecule has 1 heterocycles. The molecule has 0 saturated heterocycles. The Kier molecular flexibility index (Phi) is 4.43. The molecule has 8 nitrogen and oxygen atoms in total. The van der Waals surface area contributed by atoms with Gasteiger partial charge in [-0.3, -0.25) is 10.1 Å². The van der Waals surface area contributed by atoms with Gasteiger partial charge in [0.15, 0.2) is 5.03 Å². The van der Waals surface area contributed by atoms with Crippen molar-refractivity contribution in [3.8, 4) is 0 Å². The van der Waals surface area contributed by atoms with Gasteiger partial charge in [-0.05, 0) is 19.1 Å². The van der Waals surface area contributed by atoms with Crippen LogP contribution in [0, 0.1) is 0 Å². The SMILES string of the molecule is CNC(=O)NC(=O)C(C)S(=O)(=O)c1ncccc1N. The number of carbonyl (C=O) groups is 2. The third-order valence-corrected chi connectivity index (χ3v) is 4.39. The number of urea groups is 1. The summed E-state index contributed by atoms with van der Waals surface area (Å²) in [7, 11) is -2.75. The lowest BCUT2D eigenvalue weighted by Gasteiger charge is -2.12. The van der Waals surface area contributed by atoms with Crippen molar-refractivity contribution in [1.29, 1.82) is 0 Å². The van der Waals surface area contributed by atoms with Crippen molar-refractivity contribution in [3.63, 3.8) is 0 Å². The van der Waals surface area contributed by atoms with Crippen molar-refractivity contribution in [2.45, 2.75) is 17.2 Å². The topological polar surface area (TPSA) is 131 Å². The first-order chi connectivity index (χ1) is 8.80. The summed E-state index contributed by atoms with van der Waals surface area (Å²) in [5, 5.41) is 2.17. The molecule has 1 aromatic rings. The molecule has 19 heavy (non-hydrogen) atoms. The molecule has 0 aliphatic rings. The molecule has 1 rings (SSSR count). The molecule has 3 amide bonds. The zero-order valence-corrected chi connectivity index (χ0v) is 11.2. The summed E-state index contributed by atoms with van der Waals surface area (Å²) in [4.78, 5) is 26.3. The number of nitrogens with one attached hydrogen (secondary N) is 2. The minimum Gasteiger partial charge on any atom is -0.396 e. The summed E-state index contributed by atoms with van der Waals surface area (Å²) in [6.45, 7) is 1.15. The number of hydrogen-bond donors (Lipinski definition) is 3. The van der Waals surface area contributed by atoms with Gasteiger partial charge in [0, 0.05) is 13.2 Å². The molecule has 0 aliphatic heterocycles. The Morgan fingerprint density at radius 3 is 2.58 bits per heavy atom. The van der Waals surface area contributed by atoms with E-state index in [1.54, 1.807) is 0 Å². The van der Waals surface area contributed by atoms with E-state index in [2.05, 4.69) is 10.3 Å². The van der Waals surface area contributed by atoms with Crippen molar-refractivity contribution in [2.24, 2.45) is 0 Å². The molecule has 0 aromatic carbocycles. The van der Waals surface area contributed by atoms with Crippen LogP contribution in [0.15, 0.2) is 23.4 Å². The second kappa shape index (κ2) is 5.65. The maximum absolute atomic E-state index is 12.1. The standard InChI is InChI=1S/C10H14N4O4S/c1-6(8(15)14-10(16)12-2)19(17,18)9-7(11)4-3-5-13-9/h3-6H,11H2,1-2H3,(H2,12,14,15,16). The predicted octanol–water partition coefficient (Wildman–Crippen LogP) is -0.718. The number of nitrogens with two attached hydrogens (primary N) is 1. The van der Waals surface area contributed by atoms with Crippen LogP contribution in [0.25, 0.3) is 0 Å². The van der Waals surface area contributed by atoms with Gasteiger partial charge in [-0.15, -0.1) is 0 Å². The van der Waals surface area contributed by atoms with E-state index in [0.29, 0.717) is 0 Å². The van der Waals surface area contributed by atoms with Crippen LogP contribution in [0.1, 0.15) is 6.92 Å². The number of amides is 3. The highest BCUT2D eigenvalue weighted by Crippen LogP contribution is 2.19. The molecular formula is C10H14N4O4S. The zero-order valence-electron chi connectivity index (χ0n) is 10.4. The number of nitrogen functional groups attached to an aromatic ring is 1. The number of rotatable bonds is 3. The number of imide groups is 1. The lowest BCUT2D eigenvalue weighted by atomic mass is 10.4. The fourth-order valence-corrected chi connectivity index (χ4v) is 2.51. The molecule has 0 bridgehead atoms. The molecule has 4 N–H and O–H groups in total. The molecule has 0 spiro atoms. The summed E-state index contributed by atoms with van der Waals surface area (Å²) >= 11 is 0. The lowest BCUT2D eigenvalue weighted by Crippen LogP contribution is -2.44. The molecule has 0 saturated carbocycles. The van der Waals surface area contributed by atoms with Gasteiger partial charge < -0.3 is 11.1 Å². The second-order valence-corrected chi connectivity index (χ2v) is 5.84.